The van der Waals surface area contributed by atoms with E-state index >= 15 is 0 Å². The van der Waals surface area contributed by atoms with Gasteiger partial charge in [0.1, 0.15) is 5.88 Å². The number of carbonyl (C=O) groups is 1. The number of amides is 1. The second-order valence-electron chi connectivity index (χ2n) is 7.93. The Hall–Kier alpha value is -1.22. The summed E-state index contributed by atoms with van der Waals surface area (Å²) < 4.78 is 0. The molecule has 0 aromatic heterocycles. The van der Waals surface area contributed by atoms with Crippen molar-refractivity contribution in [3.63, 3.8) is 0 Å². The SMILES string of the molecule is CCCCCCCCc1cc(NC(=O)CCl)c(CCCCCCCC)cc1N. The molecule has 0 fully saturated rings. The molecule has 28 heavy (non-hydrogen) atoms. The van der Waals surface area contributed by atoms with Crippen LogP contribution in [0.1, 0.15) is 102 Å². The molecular weight excluding hydrogens is 368 g/mol. The summed E-state index contributed by atoms with van der Waals surface area (Å²) in [5, 5.41) is 2.98. The van der Waals surface area contributed by atoms with Gasteiger partial charge in [0.05, 0.1) is 0 Å². The molecule has 160 valence electrons. The quantitative estimate of drug-likeness (QED) is 0.172. The van der Waals surface area contributed by atoms with Gasteiger partial charge in [-0.3, -0.25) is 4.79 Å². The van der Waals surface area contributed by atoms with E-state index in [1.807, 2.05) is 0 Å². The summed E-state index contributed by atoms with van der Waals surface area (Å²) in [4.78, 5) is 11.9. The molecule has 1 rings (SSSR count). The summed E-state index contributed by atoms with van der Waals surface area (Å²) in [7, 11) is 0. The first-order valence-corrected chi connectivity index (χ1v) is 11.9. The Morgan fingerprint density at radius 1 is 0.821 bits per heavy atom. The minimum absolute atomic E-state index is 0.0202. The number of hydrogen-bond acceptors (Lipinski definition) is 2. The molecule has 1 aromatic carbocycles. The van der Waals surface area contributed by atoms with Crippen molar-refractivity contribution in [3.8, 4) is 0 Å². The zero-order chi connectivity index (χ0) is 20.6. The van der Waals surface area contributed by atoms with Crippen molar-refractivity contribution < 1.29 is 4.79 Å². The van der Waals surface area contributed by atoms with Gasteiger partial charge >= 0.3 is 0 Å². The van der Waals surface area contributed by atoms with Crippen molar-refractivity contribution >= 4 is 28.9 Å². The van der Waals surface area contributed by atoms with Crippen LogP contribution in [0.4, 0.5) is 11.4 Å². The van der Waals surface area contributed by atoms with Crippen LogP contribution in [-0.4, -0.2) is 11.8 Å². The molecule has 0 saturated carbocycles. The van der Waals surface area contributed by atoms with E-state index < -0.39 is 0 Å². The summed E-state index contributed by atoms with van der Waals surface area (Å²) in [5.41, 5.74) is 10.4. The van der Waals surface area contributed by atoms with Gasteiger partial charge in [-0.2, -0.15) is 0 Å². The Bertz CT molecular complexity index is 560. The average Bonchev–Trinajstić information content (AvgIpc) is 2.69. The fourth-order valence-corrected chi connectivity index (χ4v) is 3.69. The Labute approximate surface area is 177 Å². The number of carbonyl (C=O) groups excluding carboxylic acids is 1. The van der Waals surface area contributed by atoms with Gasteiger partial charge in [-0.05, 0) is 48.9 Å². The molecule has 1 amide bonds. The Balaban J connectivity index is 2.66. The summed E-state index contributed by atoms with van der Waals surface area (Å²) in [6.45, 7) is 4.48. The van der Waals surface area contributed by atoms with Crippen molar-refractivity contribution in [2.75, 3.05) is 16.9 Å². The van der Waals surface area contributed by atoms with Crippen molar-refractivity contribution in [1.29, 1.82) is 0 Å². The van der Waals surface area contributed by atoms with E-state index in [-0.39, 0.29) is 11.8 Å². The second-order valence-corrected chi connectivity index (χ2v) is 8.19. The van der Waals surface area contributed by atoms with Crippen LogP contribution in [-0.2, 0) is 17.6 Å². The first kappa shape index (κ1) is 24.8. The van der Waals surface area contributed by atoms with Crippen LogP contribution in [0.3, 0.4) is 0 Å². The summed E-state index contributed by atoms with van der Waals surface area (Å²) >= 11 is 5.71. The number of hydrogen-bond donors (Lipinski definition) is 2. The van der Waals surface area contributed by atoms with E-state index in [4.69, 9.17) is 17.3 Å². The van der Waals surface area contributed by atoms with Crippen LogP contribution in [0.2, 0.25) is 0 Å². The van der Waals surface area contributed by atoms with E-state index in [1.54, 1.807) is 0 Å². The zero-order valence-electron chi connectivity index (χ0n) is 18.1. The number of nitrogens with two attached hydrogens (primary N) is 1. The lowest BCUT2D eigenvalue weighted by atomic mass is 9.97. The van der Waals surface area contributed by atoms with Crippen LogP contribution in [0.5, 0.6) is 0 Å². The van der Waals surface area contributed by atoms with E-state index in [1.165, 1.54) is 64.2 Å². The number of rotatable bonds is 16. The number of nitrogens with one attached hydrogen (secondary N) is 1. The van der Waals surface area contributed by atoms with E-state index in [0.29, 0.717) is 0 Å². The maximum atomic E-state index is 11.9. The van der Waals surface area contributed by atoms with Crippen LogP contribution in [0.25, 0.3) is 0 Å². The van der Waals surface area contributed by atoms with Gasteiger partial charge in [0.2, 0.25) is 5.91 Å². The molecule has 0 radical (unpaired) electrons. The average molecular weight is 409 g/mol. The molecule has 0 aliphatic carbocycles. The minimum atomic E-state index is -0.152. The first-order chi connectivity index (χ1) is 13.6. The molecular formula is C24H41ClN2O. The minimum Gasteiger partial charge on any atom is -0.398 e. The summed E-state index contributed by atoms with van der Waals surface area (Å²) in [5.74, 6) is -0.172. The van der Waals surface area contributed by atoms with Crippen LogP contribution >= 0.6 is 11.6 Å². The molecule has 0 atom stereocenters. The highest BCUT2D eigenvalue weighted by atomic mass is 35.5. The molecule has 4 heteroatoms. The smallest absolute Gasteiger partial charge is 0.239 e. The lowest BCUT2D eigenvalue weighted by Crippen LogP contribution is -2.15. The molecule has 0 spiro atoms. The van der Waals surface area contributed by atoms with Gasteiger partial charge in [-0.15, -0.1) is 11.6 Å². The van der Waals surface area contributed by atoms with Gasteiger partial charge < -0.3 is 11.1 Å². The van der Waals surface area contributed by atoms with Gasteiger partial charge in [-0.1, -0.05) is 78.1 Å². The zero-order valence-corrected chi connectivity index (χ0v) is 18.9. The molecule has 3 nitrogen and oxygen atoms in total. The summed E-state index contributed by atoms with van der Waals surface area (Å²) in [6.07, 6.45) is 17.0. The first-order valence-electron chi connectivity index (χ1n) is 11.4. The van der Waals surface area contributed by atoms with Gasteiger partial charge in [-0.25, -0.2) is 0 Å². The number of aryl methyl sites for hydroxylation is 2. The maximum absolute atomic E-state index is 11.9. The van der Waals surface area contributed by atoms with Crippen molar-refractivity contribution in [1.82, 2.24) is 0 Å². The third kappa shape index (κ3) is 10.4. The number of benzene rings is 1. The summed E-state index contributed by atoms with van der Waals surface area (Å²) in [6, 6.07) is 4.15. The Kier molecular flexibility index (Phi) is 13.9. The Morgan fingerprint density at radius 3 is 1.86 bits per heavy atom. The van der Waals surface area contributed by atoms with Crippen LogP contribution in [0.15, 0.2) is 12.1 Å². The van der Waals surface area contributed by atoms with Gasteiger partial charge in [0.25, 0.3) is 0 Å². The van der Waals surface area contributed by atoms with Gasteiger partial charge in [0.15, 0.2) is 0 Å². The normalized spacial score (nSPS) is 11.0. The van der Waals surface area contributed by atoms with E-state index in [0.717, 1.165) is 48.2 Å². The molecule has 1 aromatic rings. The predicted molar refractivity (Wildman–Crippen MR) is 124 cm³/mol. The van der Waals surface area contributed by atoms with E-state index in [9.17, 15) is 4.79 Å². The third-order valence-corrected chi connectivity index (χ3v) is 5.60. The van der Waals surface area contributed by atoms with E-state index in [2.05, 4.69) is 31.3 Å². The molecule has 0 aliphatic heterocycles. The molecule has 0 saturated heterocycles. The monoisotopic (exact) mass is 408 g/mol. The number of alkyl halides is 1. The van der Waals surface area contributed by atoms with Crippen LogP contribution < -0.4 is 11.1 Å². The molecule has 0 aliphatic rings. The standard InChI is InChI=1S/C24H41ClN2O/c1-3-5-7-9-11-13-15-20-18-23(27-24(28)19-25)21(17-22(20)26)16-14-12-10-8-6-4-2/h17-18H,3-16,19,26H2,1-2H3,(H,27,28). The fourth-order valence-electron chi connectivity index (χ4n) is 3.62. The topological polar surface area (TPSA) is 55.1 Å². The Morgan fingerprint density at radius 2 is 1.32 bits per heavy atom. The number of unbranched alkanes of at least 4 members (excludes halogenated alkanes) is 10. The lowest BCUT2D eigenvalue weighted by Gasteiger charge is -2.15. The predicted octanol–water partition coefficient (Wildman–Crippen LogP) is 7.25. The highest BCUT2D eigenvalue weighted by Gasteiger charge is 2.11. The second kappa shape index (κ2) is 15.7. The number of halogens is 1. The van der Waals surface area contributed by atoms with Crippen molar-refractivity contribution in [2.24, 2.45) is 0 Å². The van der Waals surface area contributed by atoms with Crippen molar-refractivity contribution in [3.05, 3.63) is 23.3 Å². The largest absolute Gasteiger partial charge is 0.398 e. The molecule has 0 unspecified atom stereocenters. The molecule has 0 heterocycles. The molecule has 3 N–H and O–H groups in total. The van der Waals surface area contributed by atoms with Crippen molar-refractivity contribution in [2.45, 2.75) is 104 Å². The highest BCUT2D eigenvalue weighted by Crippen LogP contribution is 2.27. The highest BCUT2D eigenvalue weighted by molar-refractivity contribution is 6.29. The third-order valence-electron chi connectivity index (χ3n) is 5.36. The number of nitrogen functional groups attached to an aromatic ring is 1. The van der Waals surface area contributed by atoms with Crippen LogP contribution in [0, 0.1) is 0 Å². The maximum Gasteiger partial charge on any atom is 0.239 e. The fraction of sp³-hybridized carbons (Fsp3) is 0.708. The van der Waals surface area contributed by atoms with Gasteiger partial charge in [0, 0.05) is 11.4 Å². The lowest BCUT2D eigenvalue weighted by molar-refractivity contribution is -0.113. The molecule has 0 bridgehead atoms. The number of anilines is 2.